The van der Waals surface area contributed by atoms with Gasteiger partial charge in [-0.1, -0.05) is 0 Å². The summed E-state index contributed by atoms with van der Waals surface area (Å²) >= 11 is 0. The molecule has 0 bridgehead atoms. The highest BCUT2D eigenvalue weighted by molar-refractivity contribution is 5.77. The molecule has 0 amide bonds. The topological polar surface area (TPSA) is 52.0 Å². The fourth-order valence-corrected chi connectivity index (χ4v) is 1.91. The van der Waals surface area contributed by atoms with Crippen LogP contribution in [0.25, 0.3) is 11.1 Å². The zero-order valence-electron chi connectivity index (χ0n) is 8.57. The van der Waals surface area contributed by atoms with Gasteiger partial charge in [-0.2, -0.15) is 0 Å². The van der Waals surface area contributed by atoms with Gasteiger partial charge in [0.2, 0.25) is 5.71 Å². The van der Waals surface area contributed by atoms with Crippen molar-refractivity contribution >= 4 is 11.1 Å². The Balaban J connectivity index is 1.84. The average molecular weight is 202 g/mol. The second-order valence-corrected chi connectivity index (χ2v) is 4.48. The minimum absolute atomic E-state index is 0.117. The first kappa shape index (κ1) is 8.92. The fraction of sp³-hybridized carbons (Fsp3) is 0.417. The Morgan fingerprint density at radius 3 is 3.13 bits per heavy atom. The van der Waals surface area contributed by atoms with E-state index < -0.39 is 0 Å². The predicted molar refractivity (Wildman–Crippen MR) is 58.5 cm³/mol. The second kappa shape index (κ2) is 3.07. The van der Waals surface area contributed by atoms with Gasteiger partial charge < -0.3 is 10.2 Å². The van der Waals surface area contributed by atoms with E-state index in [-0.39, 0.29) is 5.54 Å². The van der Waals surface area contributed by atoms with Crippen molar-refractivity contribution in [3.05, 3.63) is 30.2 Å². The van der Waals surface area contributed by atoms with Crippen LogP contribution in [0.5, 0.6) is 0 Å². The normalized spacial score (nSPS) is 18.2. The monoisotopic (exact) mass is 202 g/mol. The maximum Gasteiger partial charge on any atom is 0.226 e. The van der Waals surface area contributed by atoms with Crippen molar-refractivity contribution in [2.75, 3.05) is 0 Å². The lowest BCUT2D eigenvalue weighted by Crippen LogP contribution is -2.21. The van der Waals surface area contributed by atoms with Crippen LogP contribution in [0.4, 0.5) is 0 Å². The predicted octanol–water partition coefficient (Wildman–Crippen LogP) is 2.25. The van der Waals surface area contributed by atoms with Crippen molar-refractivity contribution in [3.8, 4) is 0 Å². The largest absolute Gasteiger partial charge is 0.446 e. The smallest absolute Gasteiger partial charge is 0.226 e. The summed E-state index contributed by atoms with van der Waals surface area (Å²) in [4.78, 5) is 4.16. The summed E-state index contributed by atoms with van der Waals surface area (Å²) in [5.41, 5.74) is 8.14. The number of aryl methyl sites for hydroxylation is 1. The number of hydrogen-bond acceptors (Lipinski definition) is 3. The summed E-state index contributed by atoms with van der Waals surface area (Å²) in [6, 6.07) is 3.99. The second-order valence-electron chi connectivity index (χ2n) is 4.48. The lowest BCUT2D eigenvalue weighted by Gasteiger charge is -2.05. The standard InChI is InChI=1S/C12H14N2O/c13-12(5-6-12)4-3-9-8-15-11-10(9)2-1-7-14-11/h1-2,7-8H,3-6,13H2. The van der Waals surface area contributed by atoms with Crippen LogP contribution in [0.1, 0.15) is 24.8 Å². The maximum atomic E-state index is 6.06. The van der Waals surface area contributed by atoms with Crippen molar-refractivity contribution in [3.63, 3.8) is 0 Å². The number of rotatable bonds is 3. The molecule has 0 unspecified atom stereocenters. The summed E-state index contributed by atoms with van der Waals surface area (Å²) in [6.45, 7) is 0. The number of nitrogens with two attached hydrogens (primary N) is 1. The number of aromatic nitrogens is 1. The van der Waals surface area contributed by atoms with Gasteiger partial charge >= 0.3 is 0 Å². The van der Waals surface area contributed by atoms with E-state index in [0.29, 0.717) is 0 Å². The highest BCUT2D eigenvalue weighted by atomic mass is 16.3. The Morgan fingerprint density at radius 2 is 2.33 bits per heavy atom. The molecule has 0 spiro atoms. The van der Waals surface area contributed by atoms with Crippen LogP contribution in [0.2, 0.25) is 0 Å². The van der Waals surface area contributed by atoms with Crippen molar-refractivity contribution in [2.45, 2.75) is 31.2 Å². The number of furan rings is 1. The van der Waals surface area contributed by atoms with Crippen LogP contribution in [0, 0.1) is 0 Å². The molecule has 3 heteroatoms. The molecule has 78 valence electrons. The number of pyridine rings is 1. The van der Waals surface area contributed by atoms with Gasteiger partial charge in [-0.15, -0.1) is 0 Å². The third kappa shape index (κ3) is 1.63. The molecule has 1 fully saturated rings. The third-order valence-electron chi connectivity index (χ3n) is 3.21. The van der Waals surface area contributed by atoms with Crippen LogP contribution in [-0.4, -0.2) is 10.5 Å². The van der Waals surface area contributed by atoms with E-state index in [2.05, 4.69) is 11.1 Å². The number of nitrogens with zero attached hydrogens (tertiary/aromatic N) is 1. The van der Waals surface area contributed by atoms with E-state index in [1.807, 2.05) is 12.3 Å². The molecule has 0 aromatic carbocycles. The van der Waals surface area contributed by atoms with E-state index in [4.69, 9.17) is 10.2 Å². The van der Waals surface area contributed by atoms with Crippen molar-refractivity contribution in [2.24, 2.45) is 5.73 Å². The first-order valence-corrected chi connectivity index (χ1v) is 5.37. The van der Waals surface area contributed by atoms with E-state index >= 15 is 0 Å². The molecule has 2 N–H and O–H groups in total. The Kier molecular flexibility index (Phi) is 1.83. The van der Waals surface area contributed by atoms with Crippen LogP contribution < -0.4 is 5.73 Å². The Labute approximate surface area is 88.3 Å². The van der Waals surface area contributed by atoms with Gasteiger partial charge in [-0.05, 0) is 37.8 Å². The molecule has 0 atom stereocenters. The molecule has 1 saturated carbocycles. The Hall–Kier alpha value is -1.35. The molecule has 2 heterocycles. The van der Waals surface area contributed by atoms with Crippen LogP contribution >= 0.6 is 0 Å². The van der Waals surface area contributed by atoms with Crippen LogP contribution in [0.3, 0.4) is 0 Å². The van der Waals surface area contributed by atoms with Gasteiger partial charge in [0.25, 0.3) is 0 Å². The highest BCUT2D eigenvalue weighted by Gasteiger charge is 2.37. The maximum absolute atomic E-state index is 6.06. The summed E-state index contributed by atoms with van der Waals surface area (Å²) in [7, 11) is 0. The van der Waals surface area contributed by atoms with Gasteiger partial charge in [0.1, 0.15) is 0 Å². The summed E-state index contributed by atoms with van der Waals surface area (Å²) < 4.78 is 5.38. The zero-order chi connectivity index (χ0) is 10.3. The van der Waals surface area contributed by atoms with Crippen LogP contribution in [0.15, 0.2) is 29.0 Å². The van der Waals surface area contributed by atoms with Crippen molar-refractivity contribution in [1.29, 1.82) is 0 Å². The minimum atomic E-state index is 0.117. The van der Waals surface area contributed by atoms with E-state index in [9.17, 15) is 0 Å². The third-order valence-corrected chi connectivity index (χ3v) is 3.21. The SMILES string of the molecule is NC1(CCc2coc3ncccc23)CC1. The first-order valence-electron chi connectivity index (χ1n) is 5.37. The lowest BCUT2D eigenvalue weighted by atomic mass is 10.0. The van der Waals surface area contributed by atoms with Crippen molar-refractivity contribution in [1.82, 2.24) is 4.98 Å². The number of fused-ring (bicyclic) bond motifs is 1. The first-order chi connectivity index (χ1) is 7.27. The molecule has 0 aliphatic heterocycles. The molecule has 2 aromatic rings. The van der Waals surface area contributed by atoms with E-state index in [1.165, 1.54) is 18.4 Å². The molecular formula is C12H14N2O. The molecule has 15 heavy (non-hydrogen) atoms. The molecule has 0 saturated heterocycles. The van der Waals surface area contributed by atoms with Crippen LogP contribution in [-0.2, 0) is 6.42 Å². The fourth-order valence-electron chi connectivity index (χ4n) is 1.91. The lowest BCUT2D eigenvalue weighted by molar-refractivity contribution is 0.582. The Bertz CT molecular complexity index is 485. The summed E-state index contributed by atoms with van der Waals surface area (Å²) in [5.74, 6) is 0. The molecule has 1 aliphatic rings. The zero-order valence-corrected chi connectivity index (χ0v) is 8.57. The number of hydrogen-bond donors (Lipinski definition) is 1. The summed E-state index contributed by atoms with van der Waals surface area (Å²) in [6.07, 6.45) is 7.94. The summed E-state index contributed by atoms with van der Waals surface area (Å²) in [5, 5.41) is 1.13. The highest BCUT2D eigenvalue weighted by Crippen LogP contribution is 2.37. The molecular weight excluding hydrogens is 188 g/mol. The molecule has 3 nitrogen and oxygen atoms in total. The quantitative estimate of drug-likeness (QED) is 0.830. The minimum Gasteiger partial charge on any atom is -0.446 e. The van der Waals surface area contributed by atoms with Gasteiger partial charge in [0.15, 0.2) is 0 Å². The van der Waals surface area contributed by atoms with Gasteiger partial charge in [-0.3, -0.25) is 0 Å². The van der Waals surface area contributed by atoms with E-state index in [1.54, 1.807) is 6.20 Å². The Morgan fingerprint density at radius 1 is 1.47 bits per heavy atom. The molecule has 1 aliphatic carbocycles. The molecule has 3 rings (SSSR count). The van der Waals surface area contributed by atoms with Crippen molar-refractivity contribution < 1.29 is 4.42 Å². The van der Waals surface area contributed by atoms with Gasteiger partial charge in [0.05, 0.1) is 6.26 Å². The van der Waals surface area contributed by atoms with E-state index in [0.717, 1.165) is 23.9 Å². The average Bonchev–Trinajstić information content (AvgIpc) is 2.86. The molecule has 0 radical (unpaired) electrons. The van der Waals surface area contributed by atoms with Gasteiger partial charge in [-0.25, -0.2) is 4.98 Å². The van der Waals surface area contributed by atoms with Gasteiger partial charge in [0, 0.05) is 22.7 Å². The molecule has 2 aromatic heterocycles.